The van der Waals surface area contributed by atoms with Crippen LogP contribution in [0.3, 0.4) is 0 Å². The fraction of sp³-hybridized carbons (Fsp3) is 0.190. The zero-order valence-electron chi connectivity index (χ0n) is 14.8. The number of nitrogens with zero attached hydrogens (tertiary/aromatic N) is 2. The summed E-state index contributed by atoms with van der Waals surface area (Å²) in [7, 11) is 0. The smallest absolute Gasteiger partial charge is 0.205 e. The van der Waals surface area contributed by atoms with Crippen LogP contribution >= 0.6 is 11.3 Å². The lowest BCUT2D eigenvalue weighted by atomic mass is 10.1. The first-order valence-electron chi connectivity index (χ1n) is 8.42. The number of benzene rings is 1. The Bertz CT molecular complexity index is 901. The van der Waals surface area contributed by atoms with Gasteiger partial charge in [-0.1, -0.05) is 38.1 Å². The summed E-state index contributed by atoms with van der Waals surface area (Å²) in [5.41, 5.74) is 2.33. The number of carbonyl (C=O) groups excluding carboxylic acids is 1. The Morgan fingerprint density at radius 3 is 2.81 bits per heavy atom. The van der Waals surface area contributed by atoms with Gasteiger partial charge in [0.15, 0.2) is 0 Å². The maximum Gasteiger partial charge on any atom is 0.205 e. The molecule has 0 fully saturated rings. The molecule has 0 saturated carbocycles. The Morgan fingerprint density at radius 1 is 1.23 bits per heavy atom. The van der Waals surface area contributed by atoms with E-state index < -0.39 is 0 Å². The Kier molecular flexibility index (Phi) is 5.92. The van der Waals surface area contributed by atoms with Gasteiger partial charge < -0.3 is 4.74 Å². The van der Waals surface area contributed by atoms with E-state index in [0.29, 0.717) is 18.2 Å². The van der Waals surface area contributed by atoms with Gasteiger partial charge in [-0.15, -0.1) is 11.3 Å². The van der Waals surface area contributed by atoms with Crippen molar-refractivity contribution in [1.29, 1.82) is 0 Å². The largest absolute Gasteiger partial charge is 0.488 e. The predicted octanol–water partition coefficient (Wildman–Crippen LogP) is 5.14. The number of ketones is 1. The van der Waals surface area contributed by atoms with Crippen molar-refractivity contribution in [2.45, 2.75) is 26.4 Å². The molecule has 0 atom stereocenters. The van der Waals surface area contributed by atoms with Crippen molar-refractivity contribution in [3.63, 3.8) is 0 Å². The molecule has 0 spiro atoms. The number of ether oxygens (including phenoxy) is 1. The van der Waals surface area contributed by atoms with E-state index in [0.717, 1.165) is 21.9 Å². The minimum Gasteiger partial charge on any atom is -0.488 e. The highest BCUT2D eigenvalue weighted by Crippen LogP contribution is 2.22. The summed E-state index contributed by atoms with van der Waals surface area (Å²) in [5, 5.41) is 2.79. The van der Waals surface area contributed by atoms with Gasteiger partial charge in [-0.05, 0) is 24.3 Å². The molecular formula is C21H20N2O2S. The Balaban J connectivity index is 1.70. The molecule has 3 aromatic rings. The summed E-state index contributed by atoms with van der Waals surface area (Å²) in [6.07, 6.45) is 6.83. The topological polar surface area (TPSA) is 52.1 Å². The summed E-state index contributed by atoms with van der Waals surface area (Å²) in [6, 6.07) is 11.5. The first-order valence-corrected chi connectivity index (χ1v) is 9.30. The summed E-state index contributed by atoms with van der Waals surface area (Å²) in [6.45, 7) is 4.56. The second-order valence-corrected chi connectivity index (χ2v) is 7.00. The highest BCUT2D eigenvalue weighted by Gasteiger charge is 2.10. The van der Waals surface area contributed by atoms with Crippen LogP contribution in [0.4, 0.5) is 0 Å². The van der Waals surface area contributed by atoms with Crippen LogP contribution < -0.4 is 4.74 Å². The Morgan fingerprint density at radius 2 is 2.08 bits per heavy atom. The van der Waals surface area contributed by atoms with Crippen LogP contribution in [0, 0.1) is 0 Å². The van der Waals surface area contributed by atoms with Crippen LogP contribution in [-0.2, 0) is 6.61 Å². The van der Waals surface area contributed by atoms with Crippen molar-refractivity contribution in [3.8, 4) is 5.75 Å². The molecule has 3 rings (SSSR count). The van der Waals surface area contributed by atoms with Crippen molar-refractivity contribution < 1.29 is 9.53 Å². The predicted molar refractivity (Wildman–Crippen MR) is 105 cm³/mol. The normalized spacial score (nSPS) is 11.2. The SMILES string of the molecule is CC(C)c1nc(C(=O)C=Cc2ccccc2OCc2cccnc2)cs1. The van der Waals surface area contributed by atoms with Crippen LogP contribution in [0.1, 0.15) is 46.4 Å². The molecular weight excluding hydrogens is 344 g/mol. The molecule has 2 heterocycles. The number of rotatable bonds is 7. The molecule has 0 aliphatic carbocycles. The second kappa shape index (κ2) is 8.54. The lowest BCUT2D eigenvalue weighted by Crippen LogP contribution is -1.98. The van der Waals surface area contributed by atoms with Gasteiger partial charge in [0.1, 0.15) is 18.1 Å². The molecule has 0 amide bonds. The minimum atomic E-state index is -0.102. The monoisotopic (exact) mass is 364 g/mol. The van der Waals surface area contributed by atoms with E-state index in [2.05, 4.69) is 23.8 Å². The molecule has 5 heteroatoms. The molecule has 0 aliphatic heterocycles. The van der Waals surface area contributed by atoms with Crippen molar-refractivity contribution in [2.24, 2.45) is 0 Å². The number of aromatic nitrogens is 2. The van der Waals surface area contributed by atoms with Crippen LogP contribution in [0.2, 0.25) is 0 Å². The van der Waals surface area contributed by atoms with Gasteiger partial charge in [0.2, 0.25) is 5.78 Å². The number of hydrogen-bond acceptors (Lipinski definition) is 5. The van der Waals surface area contributed by atoms with Crippen molar-refractivity contribution in [1.82, 2.24) is 9.97 Å². The van der Waals surface area contributed by atoms with Crippen LogP contribution in [0.15, 0.2) is 60.2 Å². The number of carbonyl (C=O) groups is 1. The minimum absolute atomic E-state index is 0.102. The fourth-order valence-corrected chi connectivity index (χ4v) is 3.14. The highest BCUT2D eigenvalue weighted by molar-refractivity contribution is 7.09. The molecule has 0 N–H and O–H groups in total. The molecule has 0 aliphatic rings. The average Bonchev–Trinajstić information content (AvgIpc) is 3.16. The lowest BCUT2D eigenvalue weighted by molar-refractivity contribution is 0.104. The summed E-state index contributed by atoms with van der Waals surface area (Å²) in [5.74, 6) is 0.948. The third-order valence-corrected chi connectivity index (χ3v) is 4.86. The molecule has 132 valence electrons. The Labute approximate surface area is 157 Å². The number of hydrogen-bond donors (Lipinski definition) is 0. The maximum atomic E-state index is 12.4. The van der Waals surface area contributed by atoms with E-state index in [-0.39, 0.29) is 5.78 Å². The van der Waals surface area contributed by atoms with E-state index >= 15 is 0 Å². The van der Waals surface area contributed by atoms with Crippen LogP contribution in [-0.4, -0.2) is 15.8 Å². The number of thiazole rings is 1. The van der Waals surface area contributed by atoms with Gasteiger partial charge in [-0.2, -0.15) is 0 Å². The summed E-state index contributed by atoms with van der Waals surface area (Å²) >= 11 is 1.52. The van der Waals surface area contributed by atoms with E-state index in [1.807, 2.05) is 41.8 Å². The quantitative estimate of drug-likeness (QED) is 0.430. The molecule has 0 saturated heterocycles. The molecule has 0 unspecified atom stereocenters. The second-order valence-electron chi connectivity index (χ2n) is 6.11. The van der Waals surface area contributed by atoms with Gasteiger partial charge in [0.05, 0.1) is 5.01 Å². The van der Waals surface area contributed by atoms with Crippen LogP contribution in [0.5, 0.6) is 5.75 Å². The number of pyridine rings is 1. The molecule has 4 nitrogen and oxygen atoms in total. The molecule has 0 radical (unpaired) electrons. The molecule has 0 bridgehead atoms. The average molecular weight is 364 g/mol. The third-order valence-electron chi connectivity index (χ3n) is 3.72. The maximum absolute atomic E-state index is 12.4. The fourth-order valence-electron chi connectivity index (χ4n) is 2.31. The highest BCUT2D eigenvalue weighted by atomic mass is 32.1. The number of para-hydroxylation sites is 1. The van der Waals surface area contributed by atoms with Crippen molar-refractivity contribution in [2.75, 3.05) is 0 Å². The van der Waals surface area contributed by atoms with Crippen molar-refractivity contribution in [3.05, 3.63) is 82.1 Å². The van der Waals surface area contributed by atoms with E-state index in [1.165, 1.54) is 11.3 Å². The summed E-state index contributed by atoms with van der Waals surface area (Å²) in [4.78, 5) is 20.8. The molecule has 1 aromatic carbocycles. The lowest BCUT2D eigenvalue weighted by Gasteiger charge is -2.08. The Hall–Kier alpha value is -2.79. The van der Waals surface area contributed by atoms with E-state index in [4.69, 9.17) is 4.74 Å². The summed E-state index contributed by atoms with van der Waals surface area (Å²) < 4.78 is 5.88. The standard InChI is InChI=1S/C21H20N2O2S/c1-15(2)21-23-18(14-26-21)19(24)10-9-17-7-3-4-8-20(17)25-13-16-6-5-11-22-12-16/h3-12,14-15H,13H2,1-2H3. The van der Waals surface area contributed by atoms with Gasteiger partial charge in [-0.3, -0.25) is 9.78 Å². The zero-order chi connectivity index (χ0) is 18.4. The van der Waals surface area contributed by atoms with Gasteiger partial charge in [0.25, 0.3) is 0 Å². The van der Waals surface area contributed by atoms with E-state index in [9.17, 15) is 4.79 Å². The van der Waals surface area contributed by atoms with E-state index in [1.54, 1.807) is 24.5 Å². The molecule has 26 heavy (non-hydrogen) atoms. The van der Waals surface area contributed by atoms with Crippen molar-refractivity contribution >= 4 is 23.2 Å². The third kappa shape index (κ3) is 4.64. The van der Waals surface area contributed by atoms with Gasteiger partial charge in [-0.25, -0.2) is 4.98 Å². The van der Waals surface area contributed by atoms with Crippen LogP contribution in [0.25, 0.3) is 6.08 Å². The van der Waals surface area contributed by atoms with Gasteiger partial charge in [0, 0.05) is 34.8 Å². The first kappa shape index (κ1) is 18.0. The molecule has 2 aromatic heterocycles. The first-order chi connectivity index (χ1) is 12.6. The zero-order valence-corrected chi connectivity index (χ0v) is 15.6. The van der Waals surface area contributed by atoms with Gasteiger partial charge >= 0.3 is 0 Å². The number of allylic oxidation sites excluding steroid dienone is 1.